The van der Waals surface area contributed by atoms with Crippen molar-refractivity contribution in [3.8, 4) is 0 Å². The quantitative estimate of drug-likeness (QED) is 0.757. The van der Waals surface area contributed by atoms with Crippen molar-refractivity contribution in [2.24, 2.45) is 5.73 Å². The first-order valence-corrected chi connectivity index (χ1v) is 6.33. The predicted molar refractivity (Wildman–Crippen MR) is 76.6 cm³/mol. The van der Waals surface area contributed by atoms with Gasteiger partial charge in [-0.3, -0.25) is 14.3 Å². The zero-order chi connectivity index (χ0) is 15.4. The molecule has 0 bridgehead atoms. The van der Waals surface area contributed by atoms with E-state index in [2.05, 4.69) is 10.4 Å². The fourth-order valence-corrected chi connectivity index (χ4v) is 1.80. The largest absolute Gasteiger partial charge is 0.480 e. The van der Waals surface area contributed by atoms with Crippen molar-refractivity contribution in [3.05, 3.63) is 47.8 Å². The molecule has 0 aliphatic rings. The van der Waals surface area contributed by atoms with Gasteiger partial charge in [-0.25, -0.2) is 0 Å². The molecule has 0 saturated carbocycles. The summed E-state index contributed by atoms with van der Waals surface area (Å²) in [7, 11) is 0. The third-order valence-electron chi connectivity index (χ3n) is 2.92. The lowest BCUT2D eigenvalue weighted by atomic mass is 10.1. The average molecular weight is 288 g/mol. The summed E-state index contributed by atoms with van der Waals surface area (Å²) in [5, 5.41) is 15.1. The Balaban J connectivity index is 2.01. The Bertz CT molecular complexity index is 648. The highest BCUT2D eigenvalue weighted by atomic mass is 16.4. The number of nitrogens with zero attached hydrogens (tertiary/aromatic N) is 2. The van der Waals surface area contributed by atoms with Crippen molar-refractivity contribution in [3.63, 3.8) is 0 Å². The van der Waals surface area contributed by atoms with Crippen LogP contribution >= 0.6 is 0 Å². The molecule has 1 amide bonds. The normalized spacial score (nSPS) is 11.9. The highest BCUT2D eigenvalue weighted by Gasteiger charge is 2.16. The van der Waals surface area contributed by atoms with Crippen LogP contribution in [0.25, 0.3) is 0 Å². The highest BCUT2D eigenvalue weighted by Crippen LogP contribution is 2.14. The van der Waals surface area contributed by atoms with E-state index in [1.807, 2.05) is 19.1 Å². The van der Waals surface area contributed by atoms with Crippen molar-refractivity contribution < 1.29 is 14.7 Å². The second kappa shape index (κ2) is 6.19. The van der Waals surface area contributed by atoms with Crippen LogP contribution < -0.4 is 11.1 Å². The van der Waals surface area contributed by atoms with Gasteiger partial charge in [0.15, 0.2) is 0 Å². The van der Waals surface area contributed by atoms with Crippen molar-refractivity contribution in [2.45, 2.75) is 19.5 Å². The van der Waals surface area contributed by atoms with Gasteiger partial charge in [0.25, 0.3) is 0 Å². The first kappa shape index (κ1) is 14.7. The number of rotatable bonds is 5. The van der Waals surface area contributed by atoms with E-state index in [0.717, 1.165) is 5.56 Å². The van der Waals surface area contributed by atoms with E-state index in [-0.39, 0.29) is 12.5 Å². The van der Waals surface area contributed by atoms with Gasteiger partial charge in [-0.1, -0.05) is 29.8 Å². The van der Waals surface area contributed by atoms with Crippen LogP contribution in [0.4, 0.5) is 5.69 Å². The third kappa shape index (κ3) is 3.90. The molecule has 110 valence electrons. The number of benzene rings is 1. The van der Waals surface area contributed by atoms with Crippen LogP contribution in [0.1, 0.15) is 17.2 Å². The summed E-state index contributed by atoms with van der Waals surface area (Å²) in [6, 6.07) is 6.56. The maximum atomic E-state index is 12.0. The summed E-state index contributed by atoms with van der Waals surface area (Å²) in [6.45, 7) is 1.69. The minimum atomic E-state index is -1.01. The molecule has 0 aliphatic carbocycles. The van der Waals surface area contributed by atoms with E-state index >= 15 is 0 Å². The van der Waals surface area contributed by atoms with E-state index in [4.69, 9.17) is 10.8 Å². The average Bonchev–Trinajstić information content (AvgIpc) is 2.85. The first-order valence-electron chi connectivity index (χ1n) is 6.33. The molecule has 2 rings (SSSR count). The summed E-state index contributed by atoms with van der Waals surface area (Å²) < 4.78 is 1.22. The molecule has 0 radical (unpaired) electrons. The molecule has 0 aliphatic heterocycles. The lowest BCUT2D eigenvalue weighted by molar-refractivity contribution is -0.137. The van der Waals surface area contributed by atoms with E-state index in [1.54, 1.807) is 12.1 Å². The first-order chi connectivity index (χ1) is 9.95. The molecule has 4 N–H and O–H groups in total. The SMILES string of the molecule is Cc1ccc(C(N)C(=O)Nc2cnn(CC(=O)O)c2)cc1. The van der Waals surface area contributed by atoms with Gasteiger partial charge in [0.05, 0.1) is 11.9 Å². The van der Waals surface area contributed by atoms with Crippen LogP contribution in [-0.2, 0) is 16.1 Å². The van der Waals surface area contributed by atoms with Gasteiger partial charge in [-0.2, -0.15) is 5.10 Å². The molecular formula is C14H16N4O3. The maximum Gasteiger partial charge on any atom is 0.325 e. The summed E-state index contributed by atoms with van der Waals surface area (Å²) >= 11 is 0. The van der Waals surface area contributed by atoms with Gasteiger partial charge in [0.1, 0.15) is 12.6 Å². The minimum absolute atomic E-state index is 0.264. The number of aromatic nitrogens is 2. The number of nitrogens with two attached hydrogens (primary N) is 1. The molecule has 7 nitrogen and oxygen atoms in total. The zero-order valence-corrected chi connectivity index (χ0v) is 11.5. The van der Waals surface area contributed by atoms with Crippen molar-refractivity contribution in [1.29, 1.82) is 0 Å². The number of nitrogens with one attached hydrogen (secondary N) is 1. The Morgan fingerprint density at radius 2 is 2.05 bits per heavy atom. The monoisotopic (exact) mass is 288 g/mol. The number of amides is 1. The number of anilines is 1. The van der Waals surface area contributed by atoms with Gasteiger partial charge >= 0.3 is 5.97 Å². The summed E-state index contributed by atoms with van der Waals surface area (Å²) in [5.41, 5.74) is 8.09. The number of aryl methyl sites for hydroxylation is 1. The van der Waals surface area contributed by atoms with Crippen LogP contribution in [0, 0.1) is 6.92 Å². The number of aliphatic carboxylic acids is 1. The highest BCUT2D eigenvalue weighted by molar-refractivity contribution is 5.95. The number of hydrogen-bond acceptors (Lipinski definition) is 4. The Hall–Kier alpha value is -2.67. The van der Waals surface area contributed by atoms with Gasteiger partial charge in [-0.05, 0) is 12.5 Å². The molecule has 0 fully saturated rings. The Morgan fingerprint density at radius 3 is 2.67 bits per heavy atom. The maximum absolute atomic E-state index is 12.0. The number of carboxylic acids is 1. The van der Waals surface area contributed by atoms with Crippen molar-refractivity contribution in [2.75, 3.05) is 5.32 Å². The molecular weight excluding hydrogens is 272 g/mol. The molecule has 0 spiro atoms. The third-order valence-corrected chi connectivity index (χ3v) is 2.92. The van der Waals surface area contributed by atoms with E-state index < -0.39 is 12.0 Å². The Morgan fingerprint density at radius 1 is 1.38 bits per heavy atom. The van der Waals surface area contributed by atoms with E-state index in [9.17, 15) is 9.59 Å². The molecule has 1 aromatic carbocycles. The van der Waals surface area contributed by atoms with Crippen LogP contribution in [-0.4, -0.2) is 26.8 Å². The fraction of sp³-hybridized carbons (Fsp3) is 0.214. The van der Waals surface area contributed by atoms with Gasteiger partial charge in [-0.15, -0.1) is 0 Å². The van der Waals surface area contributed by atoms with Crippen molar-refractivity contribution in [1.82, 2.24) is 9.78 Å². The van der Waals surface area contributed by atoms with Gasteiger partial charge in [0.2, 0.25) is 5.91 Å². The smallest absolute Gasteiger partial charge is 0.325 e. The Labute approximate surface area is 121 Å². The Kier molecular flexibility index (Phi) is 4.34. The fourth-order valence-electron chi connectivity index (χ4n) is 1.80. The summed E-state index contributed by atoms with van der Waals surface area (Å²) in [6.07, 6.45) is 2.82. The standard InChI is InChI=1S/C14H16N4O3/c1-9-2-4-10(5-3-9)13(15)14(21)17-11-6-16-18(7-11)8-12(19)20/h2-7,13H,8,15H2,1H3,(H,17,21)(H,19,20). The van der Waals surface area contributed by atoms with Gasteiger partial charge < -0.3 is 16.2 Å². The molecule has 1 atom stereocenters. The second-order valence-corrected chi connectivity index (χ2v) is 4.70. The van der Waals surface area contributed by atoms with E-state index in [0.29, 0.717) is 11.3 Å². The summed E-state index contributed by atoms with van der Waals surface area (Å²) in [5.74, 6) is -1.39. The summed E-state index contributed by atoms with van der Waals surface area (Å²) in [4.78, 5) is 22.6. The second-order valence-electron chi connectivity index (χ2n) is 4.70. The number of carbonyl (C=O) groups is 2. The predicted octanol–water partition coefficient (Wildman–Crippen LogP) is 0.915. The number of carbonyl (C=O) groups excluding carboxylic acids is 1. The van der Waals surface area contributed by atoms with Gasteiger partial charge in [0, 0.05) is 6.20 Å². The molecule has 21 heavy (non-hydrogen) atoms. The minimum Gasteiger partial charge on any atom is -0.480 e. The molecule has 1 heterocycles. The van der Waals surface area contributed by atoms with Crippen LogP contribution in [0.15, 0.2) is 36.7 Å². The number of carboxylic acid groups (broad SMARTS) is 1. The molecule has 0 saturated heterocycles. The molecule has 1 unspecified atom stereocenters. The van der Waals surface area contributed by atoms with Crippen LogP contribution in [0.3, 0.4) is 0 Å². The lowest BCUT2D eigenvalue weighted by Crippen LogP contribution is -2.27. The topological polar surface area (TPSA) is 110 Å². The molecule has 1 aromatic heterocycles. The van der Waals surface area contributed by atoms with E-state index in [1.165, 1.54) is 17.1 Å². The molecule has 2 aromatic rings. The lowest BCUT2D eigenvalue weighted by Gasteiger charge is -2.11. The number of hydrogen-bond donors (Lipinski definition) is 3. The van der Waals surface area contributed by atoms with Crippen LogP contribution in [0.2, 0.25) is 0 Å². The molecule has 7 heteroatoms. The van der Waals surface area contributed by atoms with Crippen molar-refractivity contribution >= 4 is 17.6 Å². The van der Waals surface area contributed by atoms with Crippen LogP contribution in [0.5, 0.6) is 0 Å². The zero-order valence-electron chi connectivity index (χ0n) is 11.5.